The highest BCUT2D eigenvalue weighted by Gasteiger charge is 2.24. The van der Waals surface area contributed by atoms with Gasteiger partial charge in [0.1, 0.15) is 6.10 Å². The minimum atomic E-state index is -0.585. The molecule has 1 fully saturated rings. The summed E-state index contributed by atoms with van der Waals surface area (Å²) in [6.45, 7) is 2.26. The van der Waals surface area contributed by atoms with E-state index in [2.05, 4.69) is 5.32 Å². The van der Waals surface area contributed by atoms with Crippen molar-refractivity contribution < 1.29 is 14.6 Å². The third-order valence-corrected chi connectivity index (χ3v) is 3.44. The van der Waals surface area contributed by atoms with Gasteiger partial charge in [-0.15, -0.1) is 0 Å². The standard InChI is InChI=1S/C13H15Cl2NO3/c1-7(19-6-8-2-3-8)13(18)16-11-5-9(14)4-10(15)12(11)17/h4-5,7-8,17H,2-3,6H2,1H3,(H,16,18). The average Bonchev–Trinajstić information content (AvgIpc) is 3.16. The van der Waals surface area contributed by atoms with Crippen molar-refractivity contribution in [2.45, 2.75) is 25.9 Å². The fourth-order valence-electron chi connectivity index (χ4n) is 1.54. The maximum atomic E-state index is 11.9. The number of ether oxygens (including phenoxy) is 1. The van der Waals surface area contributed by atoms with E-state index in [1.165, 1.54) is 25.0 Å². The van der Waals surface area contributed by atoms with Crippen LogP contribution in [-0.4, -0.2) is 23.7 Å². The summed E-state index contributed by atoms with van der Waals surface area (Å²) in [5, 5.41) is 12.7. The quantitative estimate of drug-likeness (QED) is 0.819. The van der Waals surface area contributed by atoms with Crippen LogP contribution in [0.15, 0.2) is 12.1 Å². The molecule has 2 rings (SSSR count). The van der Waals surface area contributed by atoms with Crippen LogP contribution in [0, 0.1) is 5.92 Å². The molecule has 0 radical (unpaired) electrons. The van der Waals surface area contributed by atoms with Gasteiger partial charge < -0.3 is 15.2 Å². The normalized spacial score (nSPS) is 16.2. The van der Waals surface area contributed by atoms with Crippen molar-refractivity contribution in [3.8, 4) is 5.75 Å². The number of hydrogen-bond acceptors (Lipinski definition) is 3. The summed E-state index contributed by atoms with van der Waals surface area (Å²) < 4.78 is 5.44. The number of nitrogens with one attached hydrogen (secondary N) is 1. The molecule has 1 aliphatic rings. The second-order valence-corrected chi connectivity index (χ2v) is 5.54. The van der Waals surface area contributed by atoms with Crippen LogP contribution in [0.25, 0.3) is 0 Å². The average molecular weight is 304 g/mol. The van der Waals surface area contributed by atoms with Gasteiger partial charge in [0.25, 0.3) is 5.91 Å². The monoisotopic (exact) mass is 303 g/mol. The van der Waals surface area contributed by atoms with E-state index in [4.69, 9.17) is 27.9 Å². The lowest BCUT2D eigenvalue weighted by Gasteiger charge is -2.14. The zero-order valence-electron chi connectivity index (χ0n) is 10.5. The first kappa shape index (κ1) is 14.4. The van der Waals surface area contributed by atoms with Gasteiger partial charge in [-0.2, -0.15) is 0 Å². The molecule has 0 heterocycles. The van der Waals surface area contributed by atoms with Gasteiger partial charge in [-0.05, 0) is 37.8 Å². The molecule has 6 heteroatoms. The molecule has 0 aliphatic heterocycles. The lowest BCUT2D eigenvalue weighted by molar-refractivity contribution is -0.126. The van der Waals surface area contributed by atoms with Crippen molar-refractivity contribution in [1.29, 1.82) is 0 Å². The zero-order chi connectivity index (χ0) is 14.0. The molecule has 1 atom stereocenters. The molecule has 0 aromatic heterocycles. The van der Waals surface area contributed by atoms with E-state index in [1.54, 1.807) is 6.92 Å². The summed E-state index contributed by atoms with van der Waals surface area (Å²) in [6, 6.07) is 2.84. The predicted octanol–water partition coefficient (Wildman–Crippen LogP) is 3.45. The number of benzene rings is 1. The van der Waals surface area contributed by atoms with Crippen LogP contribution in [0.4, 0.5) is 5.69 Å². The second kappa shape index (κ2) is 5.99. The van der Waals surface area contributed by atoms with Gasteiger partial charge >= 0.3 is 0 Å². The third kappa shape index (κ3) is 4.00. The minimum Gasteiger partial charge on any atom is -0.504 e. The second-order valence-electron chi connectivity index (χ2n) is 4.69. The van der Waals surface area contributed by atoms with Gasteiger partial charge in [0, 0.05) is 5.02 Å². The maximum Gasteiger partial charge on any atom is 0.253 e. The smallest absolute Gasteiger partial charge is 0.253 e. The van der Waals surface area contributed by atoms with Crippen molar-refractivity contribution >= 4 is 34.8 Å². The number of phenolic OH excluding ortho intramolecular Hbond substituents is 1. The fraction of sp³-hybridized carbons (Fsp3) is 0.462. The lowest BCUT2D eigenvalue weighted by atomic mass is 10.2. The number of carbonyl (C=O) groups is 1. The molecular weight excluding hydrogens is 289 g/mol. The largest absolute Gasteiger partial charge is 0.504 e. The van der Waals surface area contributed by atoms with Crippen LogP contribution in [-0.2, 0) is 9.53 Å². The van der Waals surface area contributed by atoms with Crippen molar-refractivity contribution in [3.05, 3.63) is 22.2 Å². The number of carbonyl (C=O) groups excluding carboxylic acids is 1. The third-order valence-electron chi connectivity index (χ3n) is 2.93. The first-order valence-electron chi connectivity index (χ1n) is 6.08. The highest BCUT2D eigenvalue weighted by Crippen LogP contribution is 2.35. The van der Waals surface area contributed by atoms with Gasteiger partial charge in [-0.3, -0.25) is 4.79 Å². The van der Waals surface area contributed by atoms with Gasteiger partial charge in [0.05, 0.1) is 17.3 Å². The topological polar surface area (TPSA) is 58.6 Å². The molecule has 1 aliphatic carbocycles. The number of hydrogen-bond donors (Lipinski definition) is 2. The van der Waals surface area contributed by atoms with E-state index < -0.39 is 6.10 Å². The molecule has 0 saturated heterocycles. The Balaban J connectivity index is 1.97. The SMILES string of the molecule is CC(OCC1CC1)C(=O)Nc1cc(Cl)cc(Cl)c1O. The molecule has 1 saturated carbocycles. The first-order chi connectivity index (χ1) is 8.97. The zero-order valence-corrected chi connectivity index (χ0v) is 12.0. The molecule has 1 aromatic rings. The fourth-order valence-corrected chi connectivity index (χ4v) is 2.03. The molecule has 2 N–H and O–H groups in total. The van der Waals surface area contributed by atoms with E-state index >= 15 is 0 Å². The Hall–Kier alpha value is -0.970. The molecule has 0 bridgehead atoms. The summed E-state index contributed by atoms with van der Waals surface area (Å²) >= 11 is 11.6. The predicted molar refractivity (Wildman–Crippen MR) is 74.9 cm³/mol. The molecule has 0 spiro atoms. The van der Waals surface area contributed by atoms with Gasteiger partial charge in [0.2, 0.25) is 0 Å². The van der Waals surface area contributed by atoms with Gasteiger partial charge in [-0.25, -0.2) is 0 Å². The van der Waals surface area contributed by atoms with Crippen molar-refractivity contribution in [2.75, 3.05) is 11.9 Å². The van der Waals surface area contributed by atoms with Crippen molar-refractivity contribution in [2.24, 2.45) is 5.92 Å². The number of amides is 1. The summed E-state index contributed by atoms with van der Waals surface area (Å²) in [7, 11) is 0. The maximum absolute atomic E-state index is 11.9. The molecule has 104 valence electrons. The Bertz CT molecular complexity index is 489. The van der Waals surface area contributed by atoms with Crippen LogP contribution in [0.2, 0.25) is 10.0 Å². The molecule has 1 aromatic carbocycles. The number of rotatable bonds is 5. The van der Waals surface area contributed by atoms with Crippen molar-refractivity contribution in [1.82, 2.24) is 0 Å². The molecular formula is C13H15Cl2NO3. The summed E-state index contributed by atoms with van der Waals surface area (Å²) in [5.41, 5.74) is 0.185. The number of anilines is 1. The Morgan fingerprint density at radius 2 is 2.21 bits per heavy atom. The number of phenols is 1. The van der Waals surface area contributed by atoms with Crippen LogP contribution in [0.1, 0.15) is 19.8 Å². The molecule has 19 heavy (non-hydrogen) atoms. The van der Waals surface area contributed by atoms with E-state index in [-0.39, 0.29) is 22.4 Å². The molecule has 1 amide bonds. The van der Waals surface area contributed by atoms with Gasteiger partial charge in [-0.1, -0.05) is 23.2 Å². The minimum absolute atomic E-state index is 0.0920. The summed E-state index contributed by atoms with van der Waals surface area (Å²) in [5.74, 6) is 0.0485. The van der Waals surface area contributed by atoms with Crippen molar-refractivity contribution in [3.63, 3.8) is 0 Å². The molecule has 4 nitrogen and oxygen atoms in total. The highest BCUT2D eigenvalue weighted by molar-refractivity contribution is 6.36. The Morgan fingerprint density at radius 3 is 2.84 bits per heavy atom. The summed E-state index contributed by atoms with van der Waals surface area (Å²) in [6.07, 6.45) is 1.75. The van der Waals surface area contributed by atoms with Gasteiger partial charge in [0.15, 0.2) is 5.75 Å². The Kier molecular flexibility index (Phi) is 4.55. The van der Waals surface area contributed by atoms with Crippen LogP contribution < -0.4 is 5.32 Å². The van der Waals surface area contributed by atoms with Crippen LogP contribution in [0.5, 0.6) is 5.75 Å². The van der Waals surface area contributed by atoms with E-state index in [0.29, 0.717) is 17.5 Å². The Morgan fingerprint density at radius 1 is 1.53 bits per heavy atom. The lowest BCUT2D eigenvalue weighted by Crippen LogP contribution is -2.28. The summed E-state index contributed by atoms with van der Waals surface area (Å²) in [4.78, 5) is 11.9. The first-order valence-corrected chi connectivity index (χ1v) is 6.83. The number of aromatic hydroxyl groups is 1. The Labute approximate surface area is 121 Å². The highest BCUT2D eigenvalue weighted by atomic mass is 35.5. The number of halogens is 2. The van der Waals surface area contributed by atoms with E-state index in [0.717, 1.165) is 0 Å². The van der Waals surface area contributed by atoms with E-state index in [9.17, 15) is 9.90 Å². The molecule has 1 unspecified atom stereocenters. The van der Waals surface area contributed by atoms with E-state index in [1.807, 2.05) is 0 Å². The van der Waals surface area contributed by atoms with Crippen LogP contribution in [0.3, 0.4) is 0 Å². The van der Waals surface area contributed by atoms with Crippen LogP contribution >= 0.6 is 23.2 Å².